The summed E-state index contributed by atoms with van der Waals surface area (Å²) in [7, 11) is 0. The number of thiazole rings is 1. The predicted octanol–water partition coefficient (Wildman–Crippen LogP) is 2.03. The zero-order valence-corrected chi connectivity index (χ0v) is 16.6. The van der Waals surface area contributed by atoms with Crippen molar-refractivity contribution in [2.24, 2.45) is 0 Å². The first-order valence-corrected chi connectivity index (χ1v) is 10.3. The van der Waals surface area contributed by atoms with Crippen molar-refractivity contribution in [1.29, 1.82) is 0 Å². The van der Waals surface area contributed by atoms with Crippen molar-refractivity contribution < 1.29 is 14.6 Å². The molecule has 1 N–H and O–H groups in total. The number of ether oxygens (including phenoxy) is 1. The van der Waals surface area contributed by atoms with Crippen LogP contribution < -0.4 is 0 Å². The van der Waals surface area contributed by atoms with Crippen molar-refractivity contribution in [1.82, 2.24) is 14.8 Å². The first-order valence-electron chi connectivity index (χ1n) is 9.42. The molecule has 1 fully saturated rings. The van der Waals surface area contributed by atoms with Crippen LogP contribution in [0.15, 0.2) is 29.6 Å². The van der Waals surface area contributed by atoms with Gasteiger partial charge in [0.1, 0.15) is 5.01 Å². The smallest absolute Gasteiger partial charge is 0.228 e. The predicted molar refractivity (Wildman–Crippen MR) is 107 cm³/mol. The molecular formula is C20H27N3O3S. The van der Waals surface area contributed by atoms with E-state index in [1.807, 2.05) is 12.3 Å². The Morgan fingerprint density at radius 1 is 1.37 bits per heavy atom. The van der Waals surface area contributed by atoms with Gasteiger partial charge in [-0.25, -0.2) is 4.98 Å². The number of likely N-dealkylation sites (N-methyl/N-ethyl adjacent to an activating group) is 1. The molecule has 0 saturated carbocycles. The number of aliphatic hydroxyl groups is 1. The van der Waals surface area contributed by atoms with E-state index in [2.05, 4.69) is 34.1 Å². The topological polar surface area (TPSA) is 65.9 Å². The average Bonchev–Trinajstić information content (AvgIpc) is 3.15. The van der Waals surface area contributed by atoms with Gasteiger partial charge in [0.15, 0.2) is 0 Å². The van der Waals surface area contributed by atoms with Gasteiger partial charge in [0.25, 0.3) is 0 Å². The van der Waals surface area contributed by atoms with Crippen LogP contribution in [0.25, 0.3) is 10.6 Å². The van der Waals surface area contributed by atoms with Crippen molar-refractivity contribution in [2.75, 3.05) is 46.0 Å². The first kappa shape index (κ1) is 19.9. The lowest BCUT2D eigenvalue weighted by Gasteiger charge is -2.26. The number of aromatic nitrogens is 1. The number of nitrogens with zero attached hydrogens (tertiary/aromatic N) is 3. The molecule has 2 heterocycles. The van der Waals surface area contributed by atoms with E-state index >= 15 is 0 Å². The summed E-state index contributed by atoms with van der Waals surface area (Å²) in [6.07, 6.45) is 0.276. The van der Waals surface area contributed by atoms with Gasteiger partial charge in [-0.15, -0.1) is 11.3 Å². The fourth-order valence-corrected chi connectivity index (χ4v) is 4.00. The summed E-state index contributed by atoms with van der Waals surface area (Å²) in [6.45, 7) is 7.32. The van der Waals surface area contributed by atoms with E-state index in [-0.39, 0.29) is 18.9 Å². The Bertz CT molecular complexity index is 744. The molecule has 27 heavy (non-hydrogen) atoms. The van der Waals surface area contributed by atoms with Crippen LogP contribution in [0.2, 0.25) is 0 Å². The Labute approximate surface area is 164 Å². The highest BCUT2D eigenvalue weighted by Crippen LogP contribution is 2.25. The molecule has 0 aliphatic carbocycles. The normalized spacial score (nSPS) is 15.0. The molecule has 0 radical (unpaired) electrons. The summed E-state index contributed by atoms with van der Waals surface area (Å²) >= 11 is 1.57. The largest absolute Gasteiger partial charge is 0.395 e. The van der Waals surface area contributed by atoms with Gasteiger partial charge in [0, 0.05) is 43.7 Å². The Morgan fingerprint density at radius 2 is 2.19 bits per heavy atom. The van der Waals surface area contributed by atoms with Gasteiger partial charge in [-0.1, -0.05) is 18.2 Å². The summed E-state index contributed by atoms with van der Waals surface area (Å²) in [4.78, 5) is 21.0. The Balaban J connectivity index is 1.65. The van der Waals surface area contributed by atoms with E-state index in [0.717, 1.165) is 49.1 Å². The standard InChI is InChI=1S/C20H27N3O3S/c1-2-23(6-9-24)19(25)13-18-15-27-20(21-18)17-5-3-4-16(12-17)14-22-7-10-26-11-8-22/h3-5,12,15,24H,2,6-11,13-14H2,1H3. The molecule has 1 aromatic carbocycles. The Kier molecular flexibility index (Phi) is 7.34. The maximum Gasteiger partial charge on any atom is 0.228 e. The van der Waals surface area contributed by atoms with E-state index in [1.54, 1.807) is 16.2 Å². The van der Waals surface area contributed by atoms with Gasteiger partial charge in [0.2, 0.25) is 5.91 Å². The fourth-order valence-electron chi connectivity index (χ4n) is 3.19. The van der Waals surface area contributed by atoms with Crippen LogP contribution in [0.4, 0.5) is 0 Å². The zero-order valence-electron chi connectivity index (χ0n) is 15.8. The molecule has 6 nitrogen and oxygen atoms in total. The van der Waals surface area contributed by atoms with Crippen LogP contribution in [-0.4, -0.2) is 71.8 Å². The average molecular weight is 390 g/mol. The van der Waals surface area contributed by atoms with Crippen LogP contribution in [-0.2, 0) is 22.5 Å². The van der Waals surface area contributed by atoms with Gasteiger partial charge in [-0.2, -0.15) is 0 Å². The molecule has 7 heteroatoms. The number of aliphatic hydroxyl groups excluding tert-OH is 1. The number of morpholine rings is 1. The summed E-state index contributed by atoms with van der Waals surface area (Å²) in [6, 6.07) is 8.46. The molecule has 0 atom stereocenters. The third kappa shape index (κ3) is 5.59. The third-order valence-electron chi connectivity index (χ3n) is 4.67. The number of benzene rings is 1. The number of carbonyl (C=O) groups is 1. The summed E-state index contributed by atoms with van der Waals surface area (Å²) in [5, 5.41) is 12.0. The molecule has 0 unspecified atom stereocenters. The van der Waals surface area contributed by atoms with Crippen molar-refractivity contribution in [2.45, 2.75) is 19.9 Å². The molecule has 1 aliphatic rings. The highest BCUT2D eigenvalue weighted by Gasteiger charge is 2.15. The van der Waals surface area contributed by atoms with Gasteiger partial charge < -0.3 is 14.7 Å². The van der Waals surface area contributed by atoms with Crippen LogP contribution in [0, 0.1) is 0 Å². The van der Waals surface area contributed by atoms with Crippen molar-refractivity contribution in [3.63, 3.8) is 0 Å². The number of hydrogen-bond acceptors (Lipinski definition) is 6. The monoisotopic (exact) mass is 389 g/mol. The van der Waals surface area contributed by atoms with Gasteiger partial charge in [0.05, 0.1) is 31.9 Å². The highest BCUT2D eigenvalue weighted by atomic mass is 32.1. The summed E-state index contributed by atoms with van der Waals surface area (Å²) in [5.74, 6) is 0.00414. The van der Waals surface area contributed by atoms with Gasteiger partial charge in [-0.3, -0.25) is 9.69 Å². The van der Waals surface area contributed by atoms with E-state index in [9.17, 15) is 4.79 Å². The molecule has 1 aromatic heterocycles. The zero-order chi connectivity index (χ0) is 19.1. The second kappa shape index (κ2) is 9.94. The second-order valence-electron chi connectivity index (χ2n) is 6.61. The molecule has 3 rings (SSSR count). The van der Waals surface area contributed by atoms with Gasteiger partial charge >= 0.3 is 0 Å². The quantitative estimate of drug-likeness (QED) is 0.748. The summed E-state index contributed by atoms with van der Waals surface area (Å²) < 4.78 is 5.41. The third-order valence-corrected chi connectivity index (χ3v) is 5.61. The molecule has 0 spiro atoms. The molecule has 2 aromatic rings. The maximum absolute atomic E-state index is 12.3. The first-order chi connectivity index (χ1) is 13.2. The molecule has 1 saturated heterocycles. The van der Waals surface area contributed by atoms with Crippen LogP contribution in [0.5, 0.6) is 0 Å². The fraction of sp³-hybridized carbons (Fsp3) is 0.500. The lowest BCUT2D eigenvalue weighted by Crippen LogP contribution is -2.35. The highest BCUT2D eigenvalue weighted by molar-refractivity contribution is 7.13. The minimum absolute atomic E-state index is 0.00414. The van der Waals surface area contributed by atoms with Crippen LogP contribution >= 0.6 is 11.3 Å². The minimum atomic E-state index is -0.0160. The molecule has 1 aliphatic heterocycles. The Morgan fingerprint density at radius 3 is 2.93 bits per heavy atom. The molecular weight excluding hydrogens is 362 g/mol. The molecule has 146 valence electrons. The molecule has 1 amide bonds. The van der Waals surface area contributed by atoms with Crippen LogP contribution in [0.1, 0.15) is 18.2 Å². The number of rotatable bonds is 8. The Hall–Kier alpha value is -1.80. The number of carbonyl (C=O) groups excluding carboxylic acids is 1. The minimum Gasteiger partial charge on any atom is -0.395 e. The summed E-state index contributed by atoms with van der Waals surface area (Å²) in [5.41, 5.74) is 3.14. The lowest BCUT2D eigenvalue weighted by atomic mass is 10.1. The van der Waals surface area contributed by atoms with Gasteiger partial charge in [-0.05, 0) is 18.6 Å². The van der Waals surface area contributed by atoms with Crippen molar-refractivity contribution in [3.8, 4) is 10.6 Å². The van der Waals surface area contributed by atoms with E-state index in [4.69, 9.17) is 9.84 Å². The van der Waals surface area contributed by atoms with E-state index in [1.165, 1.54) is 5.56 Å². The second-order valence-corrected chi connectivity index (χ2v) is 7.46. The number of amides is 1. The maximum atomic E-state index is 12.3. The lowest BCUT2D eigenvalue weighted by molar-refractivity contribution is -0.130. The molecule has 0 bridgehead atoms. The van der Waals surface area contributed by atoms with Crippen molar-refractivity contribution >= 4 is 17.2 Å². The van der Waals surface area contributed by atoms with E-state index in [0.29, 0.717) is 13.1 Å². The van der Waals surface area contributed by atoms with Crippen molar-refractivity contribution in [3.05, 3.63) is 40.9 Å². The number of hydrogen-bond donors (Lipinski definition) is 1. The SMILES string of the molecule is CCN(CCO)C(=O)Cc1csc(-c2cccc(CN3CCOCC3)c2)n1. The van der Waals surface area contributed by atoms with E-state index < -0.39 is 0 Å². The van der Waals surface area contributed by atoms with Crippen LogP contribution in [0.3, 0.4) is 0 Å².